The molecule has 0 spiro atoms. The summed E-state index contributed by atoms with van der Waals surface area (Å²) in [5, 5.41) is 0. The molecule has 4 nitrogen and oxygen atoms in total. The summed E-state index contributed by atoms with van der Waals surface area (Å²) in [6.45, 7) is 1.14. The number of hydrogen-bond donors (Lipinski definition) is 1. The first-order valence-corrected chi connectivity index (χ1v) is 6.08. The Balaban J connectivity index is 1.88. The summed E-state index contributed by atoms with van der Waals surface area (Å²) < 4.78 is 18.2. The number of carbonyl (C=O) groups excluding carboxylic acids is 1. The zero-order valence-electron chi connectivity index (χ0n) is 10.1. The molecule has 0 aliphatic carbocycles. The third-order valence-electron chi connectivity index (χ3n) is 3.13. The minimum atomic E-state index is -0.374. The van der Waals surface area contributed by atoms with E-state index in [2.05, 4.69) is 0 Å². The summed E-state index contributed by atoms with van der Waals surface area (Å²) in [5.74, 6) is -0.0972. The first kappa shape index (κ1) is 12.8. The maximum atomic E-state index is 12.9. The van der Waals surface area contributed by atoms with Crippen molar-refractivity contribution in [2.24, 2.45) is 5.73 Å². The summed E-state index contributed by atoms with van der Waals surface area (Å²) in [4.78, 5) is 13.7. The Labute approximate surface area is 106 Å². The Morgan fingerprint density at radius 1 is 1.56 bits per heavy atom. The number of halogens is 1. The maximum Gasteiger partial charge on any atom is 0.260 e. The molecule has 1 aliphatic heterocycles. The van der Waals surface area contributed by atoms with Crippen LogP contribution in [0.4, 0.5) is 4.39 Å². The van der Waals surface area contributed by atoms with Gasteiger partial charge in [0.2, 0.25) is 0 Å². The lowest BCUT2D eigenvalue weighted by atomic mass is 10.2. The van der Waals surface area contributed by atoms with Crippen LogP contribution < -0.4 is 10.5 Å². The molecule has 1 aromatic rings. The van der Waals surface area contributed by atoms with Crippen molar-refractivity contribution in [2.75, 3.05) is 19.7 Å². The van der Waals surface area contributed by atoms with Crippen molar-refractivity contribution < 1.29 is 13.9 Å². The van der Waals surface area contributed by atoms with Crippen molar-refractivity contribution in [2.45, 2.75) is 18.9 Å². The fourth-order valence-corrected chi connectivity index (χ4v) is 2.19. The SMILES string of the molecule is NCC1CCCN1C(=O)COc1cccc(F)c1. The van der Waals surface area contributed by atoms with E-state index in [9.17, 15) is 9.18 Å². The first-order chi connectivity index (χ1) is 8.70. The normalized spacial score (nSPS) is 19.0. The van der Waals surface area contributed by atoms with E-state index >= 15 is 0 Å². The minimum Gasteiger partial charge on any atom is -0.484 e. The van der Waals surface area contributed by atoms with Crippen LogP contribution in [0.2, 0.25) is 0 Å². The van der Waals surface area contributed by atoms with Crippen LogP contribution in [0.25, 0.3) is 0 Å². The first-order valence-electron chi connectivity index (χ1n) is 6.08. The number of nitrogens with two attached hydrogens (primary N) is 1. The van der Waals surface area contributed by atoms with E-state index in [0.717, 1.165) is 19.4 Å². The van der Waals surface area contributed by atoms with Crippen molar-refractivity contribution in [3.8, 4) is 5.75 Å². The van der Waals surface area contributed by atoms with Gasteiger partial charge in [-0.15, -0.1) is 0 Å². The van der Waals surface area contributed by atoms with E-state index in [1.807, 2.05) is 0 Å². The fraction of sp³-hybridized carbons (Fsp3) is 0.462. The molecule has 0 aromatic heterocycles. The van der Waals surface area contributed by atoms with Gasteiger partial charge in [0.15, 0.2) is 6.61 Å². The molecule has 1 amide bonds. The molecule has 1 atom stereocenters. The number of ether oxygens (including phenoxy) is 1. The molecule has 2 rings (SSSR count). The fourth-order valence-electron chi connectivity index (χ4n) is 2.19. The summed E-state index contributed by atoms with van der Waals surface area (Å²) in [7, 11) is 0. The van der Waals surface area contributed by atoms with Gasteiger partial charge in [-0.1, -0.05) is 6.07 Å². The van der Waals surface area contributed by atoms with E-state index in [1.165, 1.54) is 12.1 Å². The standard InChI is InChI=1S/C13H17FN2O2/c14-10-3-1-5-12(7-10)18-9-13(17)16-6-2-4-11(16)8-15/h1,3,5,7,11H,2,4,6,8-9,15H2. The summed E-state index contributed by atoms with van der Waals surface area (Å²) in [6.07, 6.45) is 1.93. The second-order valence-corrected chi connectivity index (χ2v) is 4.36. The van der Waals surface area contributed by atoms with Crippen LogP contribution in [0.1, 0.15) is 12.8 Å². The molecule has 0 saturated carbocycles. The number of amides is 1. The smallest absolute Gasteiger partial charge is 0.260 e. The van der Waals surface area contributed by atoms with Crippen LogP contribution in [-0.4, -0.2) is 36.5 Å². The predicted octanol–water partition coefficient (Wildman–Crippen LogP) is 1.15. The van der Waals surface area contributed by atoms with Gasteiger partial charge in [0, 0.05) is 25.2 Å². The third kappa shape index (κ3) is 2.98. The molecular formula is C13H17FN2O2. The summed E-state index contributed by atoms with van der Waals surface area (Å²) in [6, 6.07) is 5.89. The average Bonchev–Trinajstić information content (AvgIpc) is 2.84. The van der Waals surface area contributed by atoms with Gasteiger partial charge in [-0.05, 0) is 25.0 Å². The average molecular weight is 252 g/mol. The molecule has 1 fully saturated rings. The molecule has 0 bridgehead atoms. The Kier molecular flexibility index (Phi) is 4.15. The summed E-state index contributed by atoms with van der Waals surface area (Å²) in [5.41, 5.74) is 5.60. The second kappa shape index (κ2) is 5.82. The number of carbonyl (C=O) groups is 1. The lowest BCUT2D eigenvalue weighted by Crippen LogP contribution is -2.42. The van der Waals surface area contributed by atoms with E-state index < -0.39 is 0 Å². The van der Waals surface area contributed by atoms with Crippen LogP contribution in [0, 0.1) is 5.82 Å². The quantitative estimate of drug-likeness (QED) is 0.874. The lowest BCUT2D eigenvalue weighted by Gasteiger charge is -2.23. The van der Waals surface area contributed by atoms with Gasteiger partial charge in [-0.3, -0.25) is 4.79 Å². The topological polar surface area (TPSA) is 55.6 Å². The van der Waals surface area contributed by atoms with Gasteiger partial charge >= 0.3 is 0 Å². The highest BCUT2D eigenvalue weighted by Gasteiger charge is 2.27. The molecule has 5 heteroatoms. The van der Waals surface area contributed by atoms with Gasteiger partial charge in [0.25, 0.3) is 5.91 Å². The van der Waals surface area contributed by atoms with Gasteiger partial charge in [-0.25, -0.2) is 4.39 Å². The number of nitrogens with zero attached hydrogens (tertiary/aromatic N) is 1. The lowest BCUT2D eigenvalue weighted by molar-refractivity contribution is -0.134. The summed E-state index contributed by atoms with van der Waals surface area (Å²) >= 11 is 0. The van der Waals surface area contributed by atoms with E-state index in [0.29, 0.717) is 12.3 Å². The zero-order valence-corrected chi connectivity index (χ0v) is 10.1. The van der Waals surface area contributed by atoms with Crippen molar-refractivity contribution in [3.63, 3.8) is 0 Å². The monoisotopic (exact) mass is 252 g/mol. The van der Waals surface area contributed by atoms with Crippen LogP contribution >= 0.6 is 0 Å². The number of benzene rings is 1. The largest absolute Gasteiger partial charge is 0.484 e. The zero-order chi connectivity index (χ0) is 13.0. The Bertz CT molecular complexity index is 425. The predicted molar refractivity (Wildman–Crippen MR) is 65.7 cm³/mol. The highest BCUT2D eigenvalue weighted by molar-refractivity contribution is 5.78. The van der Waals surface area contributed by atoms with Crippen molar-refractivity contribution in [3.05, 3.63) is 30.1 Å². The van der Waals surface area contributed by atoms with Crippen molar-refractivity contribution in [1.29, 1.82) is 0 Å². The van der Waals surface area contributed by atoms with Crippen LogP contribution in [0.5, 0.6) is 5.75 Å². The Morgan fingerprint density at radius 2 is 2.39 bits per heavy atom. The Hall–Kier alpha value is -1.62. The highest BCUT2D eigenvalue weighted by atomic mass is 19.1. The molecular weight excluding hydrogens is 235 g/mol. The molecule has 18 heavy (non-hydrogen) atoms. The van der Waals surface area contributed by atoms with E-state index in [1.54, 1.807) is 17.0 Å². The van der Waals surface area contributed by atoms with Gasteiger partial charge < -0.3 is 15.4 Å². The second-order valence-electron chi connectivity index (χ2n) is 4.36. The van der Waals surface area contributed by atoms with Gasteiger partial charge in [0.05, 0.1) is 0 Å². The molecule has 98 valence electrons. The minimum absolute atomic E-state index is 0.0695. The third-order valence-corrected chi connectivity index (χ3v) is 3.13. The van der Waals surface area contributed by atoms with E-state index in [-0.39, 0.29) is 24.4 Å². The highest BCUT2D eigenvalue weighted by Crippen LogP contribution is 2.17. The molecule has 1 aliphatic rings. The Morgan fingerprint density at radius 3 is 3.11 bits per heavy atom. The molecule has 1 aromatic carbocycles. The molecule has 1 unspecified atom stereocenters. The number of rotatable bonds is 4. The molecule has 0 radical (unpaired) electrons. The van der Waals surface area contributed by atoms with Crippen LogP contribution in [0.3, 0.4) is 0 Å². The van der Waals surface area contributed by atoms with Crippen molar-refractivity contribution in [1.82, 2.24) is 4.90 Å². The van der Waals surface area contributed by atoms with Gasteiger partial charge in [0.1, 0.15) is 11.6 Å². The van der Waals surface area contributed by atoms with Crippen molar-refractivity contribution >= 4 is 5.91 Å². The van der Waals surface area contributed by atoms with E-state index in [4.69, 9.17) is 10.5 Å². The van der Waals surface area contributed by atoms with Gasteiger partial charge in [-0.2, -0.15) is 0 Å². The van der Waals surface area contributed by atoms with Crippen LogP contribution in [-0.2, 0) is 4.79 Å². The van der Waals surface area contributed by atoms with Crippen LogP contribution in [0.15, 0.2) is 24.3 Å². The number of hydrogen-bond acceptors (Lipinski definition) is 3. The molecule has 2 N–H and O–H groups in total. The maximum absolute atomic E-state index is 12.9. The molecule has 1 heterocycles. The molecule has 1 saturated heterocycles. The number of likely N-dealkylation sites (tertiary alicyclic amines) is 1.